The van der Waals surface area contributed by atoms with E-state index in [-0.39, 0.29) is 11.4 Å². The molecular weight excluding hydrogens is 288 g/mol. The van der Waals surface area contributed by atoms with E-state index < -0.39 is 11.0 Å². The van der Waals surface area contributed by atoms with E-state index in [1.807, 2.05) is 0 Å². The van der Waals surface area contributed by atoms with E-state index in [1.165, 1.54) is 18.3 Å². The van der Waals surface area contributed by atoms with Crippen molar-refractivity contribution in [3.05, 3.63) is 64.2 Å². The van der Waals surface area contributed by atoms with Gasteiger partial charge in [-0.2, -0.15) is 5.10 Å². The third kappa shape index (κ3) is 3.79. The normalized spacial score (nSPS) is 10.4. The summed E-state index contributed by atoms with van der Waals surface area (Å²) in [6, 6.07) is 12.0. The summed E-state index contributed by atoms with van der Waals surface area (Å²) in [7, 11) is 0. The van der Waals surface area contributed by atoms with Crippen molar-refractivity contribution in [2.45, 2.75) is 0 Å². The van der Waals surface area contributed by atoms with E-state index in [1.54, 1.807) is 36.4 Å². The van der Waals surface area contributed by atoms with Crippen LogP contribution in [0.5, 0.6) is 11.5 Å². The molecule has 0 aliphatic carbocycles. The Morgan fingerprint density at radius 1 is 1.18 bits per heavy atom. The monoisotopic (exact) mass is 300 g/mol. The van der Waals surface area contributed by atoms with Gasteiger partial charge in [0.15, 0.2) is 0 Å². The first-order valence-corrected chi connectivity index (χ1v) is 6.16. The molecule has 8 heteroatoms. The summed E-state index contributed by atoms with van der Waals surface area (Å²) in [6.07, 6.45) is 1.33. The van der Waals surface area contributed by atoms with Crippen molar-refractivity contribution in [3.63, 3.8) is 0 Å². The van der Waals surface area contributed by atoms with Crippen LogP contribution in [0.25, 0.3) is 0 Å². The number of nitrogens with zero attached hydrogens (tertiary/aromatic N) is 2. The van der Waals surface area contributed by atoms with Crippen molar-refractivity contribution >= 4 is 17.9 Å². The van der Waals surface area contributed by atoms with Gasteiger partial charge in [-0.25, -0.2) is 10.2 Å². The molecule has 2 rings (SSSR count). The number of amides is 2. The number of urea groups is 1. The zero-order valence-corrected chi connectivity index (χ0v) is 11.3. The van der Waals surface area contributed by atoms with Crippen molar-refractivity contribution in [2.24, 2.45) is 10.8 Å². The van der Waals surface area contributed by atoms with Gasteiger partial charge in [0.25, 0.3) is 0 Å². The van der Waals surface area contributed by atoms with Crippen molar-refractivity contribution < 1.29 is 14.5 Å². The molecule has 0 saturated carbocycles. The summed E-state index contributed by atoms with van der Waals surface area (Å²) in [4.78, 5) is 21.0. The molecule has 0 bridgehead atoms. The maximum absolute atomic E-state index is 11.0. The Hall–Kier alpha value is -3.42. The molecule has 3 N–H and O–H groups in total. The molecule has 0 spiro atoms. The SMILES string of the molecule is NC(=O)NN=Cc1ccccc1Oc1ccccc1[N+](=O)[O-]. The van der Waals surface area contributed by atoms with E-state index in [0.29, 0.717) is 11.3 Å². The Morgan fingerprint density at radius 2 is 1.82 bits per heavy atom. The number of primary amides is 1. The first-order valence-electron chi connectivity index (χ1n) is 6.16. The highest BCUT2D eigenvalue weighted by Gasteiger charge is 2.15. The van der Waals surface area contributed by atoms with E-state index in [0.717, 1.165) is 0 Å². The van der Waals surface area contributed by atoms with Gasteiger partial charge >= 0.3 is 11.7 Å². The average molecular weight is 300 g/mol. The largest absolute Gasteiger partial charge is 0.449 e. The van der Waals surface area contributed by atoms with Gasteiger partial charge in [0, 0.05) is 11.6 Å². The maximum Gasteiger partial charge on any atom is 0.332 e. The van der Waals surface area contributed by atoms with E-state index >= 15 is 0 Å². The van der Waals surface area contributed by atoms with Crippen molar-refractivity contribution in [2.75, 3.05) is 0 Å². The second-order valence-corrected chi connectivity index (χ2v) is 4.10. The summed E-state index contributed by atoms with van der Waals surface area (Å²) < 4.78 is 5.58. The van der Waals surface area contributed by atoms with Gasteiger partial charge in [-0.3, -0.25) is 10.1 Å². The Labute approximate surface area is 125 Å². The number of nitro benzene ring substituents is 1. The second kappa shape index (κ2) is 6.84. The molecule has 0 radical (unpaired) electrons. The van der Waals surface area contributed by atoms with Crippen LogP contribution in [0.4, 0.5) is 10.5 Å². The Kier molecular flexibility index (Phi) is 4.66. The molecule has 0 aromatic heterocycles. The first-order chi connectivity index (χ1) is 10.6. The molecule has 0 aliphatic rings. The number of nitrogens with one attached hydrogen (secondary N) is 1. The number of para-hydroxylation sites is 3. The van der Waals surface area contributed by atoms with Gasteiger partial charge in [-0.15, -0.1) is 0 Å². The minimum atomic E-state index is -0.798. The lowest BCUT2D eigenvalue weighted by atomic mass is 10.2. The second-order valence-electron chi connectivity index (χ2n) is 4.10. The molecule has 2 amide bonds. The number of carbonyl (C=O) groups excluding carboxylic acids is 1. The maximum atomic E-state index is 11.0. The Bertz CT molecular complexity index is 730. The number of ether oxygens (including phenoxy) is 1. The minimum Gasteiger partial charge on any atom is -0.449 e. The molecule has 0 atom stereocenters. The third-order valence-corrected chi connectivity index (χ3v) is 2.58. The predicted octanol–water partition coefficient (Wildman–Crippen LogP) is 2.39. The molecule has 0 aliphatic heterocycles. The quantitative estimate of drug-likeness (QED) is 0.500. The fourth-order valence-electron chi connectivity index (χ4n) is 1.66. The molecular formula is C14H12N4O4. The van der Waals surface area contributed by atoms with Crippen LogP contribution in [0.2, 0.25) is 0 Å². The van der Waals surface area contributed by atoms with Crippen LogP contribution in [0.1, 0.15) is 5.56 Å². The lowest BCUT2D eigenvalue weighted by Crippen LogP contribution is -2.24. The summed E-state index contributed by atoms with van der Waals surface area (Å²) in [5, 5.41) is 14.6. The topological polar surface area (TPSA) is 120 Å². The number of hydrogen-bond acceptors (Lipinski definition) is 5. The van der Waals surface area contributed by atoms with Gasteiger partial charge in [-0.1, -0.05) is 24.3 Å². The minimum absolute atomic E-state index is 0.108. The molecule has 0 heterocycles. The van der Waals surface area contributed by atoms with Gasteiger partial charge in [0.05, 0.1) is 11.1 Å². The number of hydrogen-bond donors (Lipinski definition) is 2. The third-order valence-electron chi connectivity index (χ3n) is 2.58. The smallest absolute Gasteiger partial charge is 0.332 e. The summed E-state index contributed by atoms with van der Waals surface area (Å²) >= 11 is 0. The Morgan fingerprint density at radius 3 is 2.50 bits per heavy atom. The van der Waals surface area contributed by atoms with Crippen LogP contribution in [-0.4, -0.2) is 17.2 Å². The molecule has 0 unspecified atom stereocenters. The first kappa shape index (κ1) is 15.0. The molecule has 0 fully saturated rings. The molecule has 2 aromatic carbocycles. The molecule has 8 nitrogen and oxygen atoms in total. The van der Waals surface area contributed by atoms with Crippen molar-refractivity contribution in [1.29, 1.82) is 0 Å². The zero-order chi connectivity index (χ0) is 15.9. The number of hydrazone groups is 1. The number of benzene rings is 2. The van der Waals surface area contributed by atoms with E-state index in [4.69, 9.17) is 10.5 Å². The lowest BCUT2D eigenvalue weighted by molar-refractivity contribution is -0.385. The van der Waals surface area contributed by atoms with Gasteiger partial charge < -0.3 is 10.5 Å². The van der Waals surface area contributed by atoms with Crippen LogP contribution >= 0.6 is 0 Å². The highest BCUT2D eigenvalue weighted by molar-refractivity contribution is 5.84. The van der Waals surface area contributed by atoms with Crippen molar-refractivity contribution in [1.82, 2.24) is 5.43 Å². The van der Waals surface area contributed by atoms with Crippen LogP contribution in [0.3, 0.4) is 0 Å². The number of nitrogens with two attached hydrogens (primary N) is 1. The highest BCUT2D eigenvalue weighted by Crippen LogP contribution is 2.31. The summed E-state index contributed by atoms with van der Waals surface area (Å²) in [5.74, 6) is 0.461. The summed E-state index contributed by atoms with van der Waals surface area (Å²) in [6.45, 7) is 0. The summed E-state index contributed by atoms with van der Waals surface area (Å²) in [5.41, 5.74) is 7.33. The van der Waals surface area contributed by atoms with Gasteiger partial charge in [-0.05, 0) is 18.2 Å². The zero-order valence-electron chi connectivity index (χ0n) is 11.3. The van der Waals surface area contributed by atoms with Gasteiger partial charge in [0.2, 0.25) is 5.75 Å². The van der Waals surface area contributed by atoms with Crippen molar-refractivity contribution in [3.8, 4) is 11.5 Å². The van der Waals surface area contributed by atoms with Crippen LogP contribution in [0.15, 0.2) is 53.6 Å². The van der Waals surface area contributed by atoms with Crippen LogP contribution in [-0.2, 0) is 0 Å². The van der Waals surface area contributed by atoms with Crippen LogP contribution < -0.4 is 15.9 Å². The number of nitro groups is 1. The fourth-order valence-corrected chi connectivity index (χ4v) is 1.66. The number of rotatable bonds is 5. The van der Waals surface area contributed by atoms with Gasteiger partial charge in [0.1, 0.15) is 5.75 Å². The average Bonchev–Trinajstić information content (AvgIpc) is 2.49. The fraction of sp³-hybridized carbons (Fsp3) is 0. The standard InChI is InChI=1S/C14H12N4O4/c15-14(19)17-16-9-10-5-1-3-7-12(10)22-13-8-4-2-6-11(13)18(20)21/h1-9H,(H3,15,17,19). The Balaban J connectivity index is 2.29. The molecule has 112 valence electrons. The molecule has 2 aromatic rings. The number of carbonyl (C=O) groups is 1. The molecule has 0 saturated heterocycles. The predicted molar refractivity (Wildman–Crippen MR) is 79.9 cm³/mol. The highest BCUT2D eigenvalue weighted by atomic mass is 16.6. The van der Waals surface area contributed by atoms with E-state index in [2.05, 4.69) is 10.5 Å². The lowest BCUT2D eigenvalue weighted by Gasteiger charge is -2.08. The molecule has 22 heavy (non-hydrogen) atoms. The van der Waals surface area contributed by atoms with Crippen LogP contribution in [0, 0.1) is 10.1 Å². The van der Waals surface area contributed by atoms with E-state index in [9.17, 15) is 14.9 Å².